The van der Waals surface area contributed by atoms with E-state index < -0.39 is 0 Å². The average molecular weight is 234 g/mol. The molecule has 3 heteroatoms. The van der Waals surface area contributed by atoms with Crippen LogP contribution in [0.4, 0.5) is 0 Å². The molecule has 0 saturated carbocycles. The smallest absolute Gasteiger partial charge is 0.0586 e. The average Bonchev–Trinajstić information content (AvgIpc) is 2.77. The van der Waals surface area contributed by atoms with Crippen molar-refractivity contribution in [2.24, 2.45) is 5.73 Å². The maximum atomic E-state index is 9.26. The number of likely N-dealkylation sites (tertiary alicyclic amines) is 1. The topological polar surface area (TPSA) is 49.5 Å². The van der Waals surface area contributed by atoms with Gasteiger partial charge in [0.25, 0.3) is 0 Å². The van der Waals surface area contributed by atoms with Crippen LogP contribution < -0.4 is 5.73 Å². The monoisotopic (exact) mass is 234 g/mol. The number of hydrogen-bond acceptors (Lipinski definition) is 3. The van der Waals surface area contributed by atoms with Gasteiger partial charge in [0.05, 0.1) is 6.61 Å². The van der Waals surface area contributed by atoms with E-state index in [1.165, 1.54) is 12.0 Å². The van der Waals surface area contributed by atoms with Gasteiger partial charge >= 0.3 is 0 Å². The summed E-state index contributed by atoms with van der Waals surface area (Å²) in [5.74, 6) is 0. The Labute approximate surface area is 103 Å². The Morgan fingerprint density at radius 2 is 2.12 bits per heavy atom. The maximum Gasteiger partial charge on any atom is 0.0586 e. The first-order valence-electron chi connectivity index (χ1n) is 6.44. The molecule has 1 heterocycles. The molecule has 0 bridgehead atoms. The van der Waals surface area contributed by atoms with Crippen molar-refractivity contribution in [1.29, 1.82) is 0 Å². The first kappa shape index (κ1) is 12.6. The third-order valence-corrected chi connectivity index (χ3v) is 3.52. The van der Waals surface area contributed by atoms with E-state index in [9.17, 15) is 5.11 Å². The quantitative estimate of drug-likeness (QED) is 0.799. The molecular weight excluding hydrogens is 212 g/mol. The maximum absolute atomic E-state index is 9.26. The highest BCUT2D eigenvalue weighted by atomic mass is 16.3. The van der Waals surface area contributed by atoms with E-state index in [1.54, 1.807) is 0 Å². The van der Waals surface area contributed by atoms with Crippen molar-refractivity contribution in [2.75, 3.05) is 19.7 Å². The van der Waals surface area contributed by atoms with Gasteiger partial charge in [0, 0.05) is 18.6 Å². The first-order valence-corrected chi connectivity index (χ1v) is 6.44. The zero-order valence-electron chi connectivity index (χ0n) is 10.3. The van der Waals surface area contributed by atoms with Gasteiger partial charge in [-0.3, -0.25) is 4.90 Å². The van der Waals surface area contributed by atoms with Crippen molar-refractivity contribution in [3.8, 4) is 0 Å². The molecule has 1 saturated heterocycles. The normalized spacial score (nSPS) is 22.8. The predicted octanol–water partition coefficient (Wildman–Crippen LogP) is 1.01. The van der Waals surface area contributed by atoms with Gasteiger partial charge in [-0.1, -0.05) is 30.3 Å². The van der Waals surface area contributed by atoms with E-state index in [0.29, 0.717) is 6.04 Å². The van der Waals surface area contributed by atoms with Gasteiger partial charge in [-0.05, 0) is 31.4 Å². The second-order valence-corrected chi connectivity index (χ2v) is 4.92. The van der Waals surface area contributed by atoms with Crippen molar-refractivity contribution in [3.05, 3.63) is 35.9 Å². The number of aliphatic hydroxyl groups excluding tert-OH is 1. The summed E-state index contributed by atoms with van der Waals surface area (Å²) in [4.78, 5) is 2.33. The minimum absolute atomic E-state index is 0.157. The van der Waals surface area contributed by atoms with E-state index in [0.717, 1.165) is 25.9 Å². The van der Waals surface area contributed by atoms with Gasteiger partial charge in [0.1, 0.15) is 0 Å². The summed E-state index contributed by atoms with van der Waals surface area (Å²) in [6, 6.07) is 10.8. The predicted molar refractivity (Wildman–Crippen MR) is 69.8 cm³/mol. The summed E-state index contributed by atoms with van der Waals surface area (Å²) < 4.78 is 0. The summed E-state index contributed by atoms with van der Waals surface area (Å²) in [6.07, 6.45) is 3.20. The van der Waals surface area contributed by atoms with Gasteiger partial charge in [-0.15, -0.1) is 0 Å². The Kier molecular flexibility index (Phi) is 4.54. The summed E-state index contributed by atoms with van der Waals surface area (Å²) in [5.41, 5.74) is 7.47. The van der Waals surface area contributed by atoms with Gasteiger partial charge < -0.3 is 10.8 Å². The first-order chi connectivity index (χ1) is 8.29. The molecule has 1 aliphatic rings. The van der Waals surface area contributed by atoms with E-state index in [4.69, 9.17) is 5.73 Å². The Hall–Kier alpha value is -0.900. The standard InChI is InChI=1S/C14H22N2O/c15-13(9-12-5-2-1-3-6-12)10-16-8-4-7-14(16)11-17/h1-3,5-6,13-14,17H,4,7-11,15H2. The van der Waals surface area contributed by atoms with Crippen LogP contribution in [0.1, 0.15) is 18.4 Å². The van der Waals surface area contributed by atoms with Crippen molar-refractivity contribution >= 4 is 0 Å². The van der Waals surface area contributed by atoms with Crippen molar-refractivity contribution in [1.82, 2.24) is 4.90 Å². The molecule has 3 N–H and O–H groups in total. The zero-order chi connectivity index (χ0) is 12.1. The van der Waals surface area contributed by atoms with Crippen LogP contribution in [0.2, 0.25) is 0 Å². The van der Waals surface area contributed by atoms with Crippen molar-refractivity contribution in [2.45, 2.75) is 31.3 Å². The highest BCUT2D eigenvalue weighted by molar-refractivity contribution is 5.15. The molecule has 0 spiro atoms. The number of aliphatic hydroxyl groups is 1. The zero-order valence-corrected chi connectivity index (χ0v) is 10.3. The third-order valence-electron chi connectivity index (χ3n) is 3.52. The summed E-state index contributed by atoms with van der Waals surface area (Å²) in [7, 11) is 0. The van der Waals surface area contributed by atoms with E-state index >= 15 is 0 Å². The molecule has 94 valence electrons. The van der Waals surface area contributed by atoms with E-state index in [2.05, 4.69) is 29.2 Å². The lowest BCUT2D eigenvalue weighted by atomic mass is 10.1. The van der Waals surface area contributed by atoms with Crippen LogP contribution in [0.25, 0.3) is 0 Å². The lowest BCUT2D eigenvalue weighted by molar-refractivity contribution is 0.152. The van der Waals surface area contributed by atoms with Crippen LogP contribution in [-0.4, -0.2) is 41.8 Å². The Morgan fingerprint density at radius 3 is 2.82 bits per heavy atom. The van der Waals surface area contributed by atoms with Crippen LogP contribution in [-0.2, 0) is 6.42 Å². The fraction of sp³-hybridized carbons (Fsp3) is 0.571. The van der Waals surface area contributed by atoms with Gasteiger partial charge in [0.15, 0.2) is 0 Å². The van der Waals surface area contributed by atoms with Gasteiger partial charge in [0.2, 0.25) is 0 Å². The van der Waals surface area contributed by atoms with Crippen LogP contribution in [0.15, 0.2) is 30.3 Å². The molecule has 2 rings (SSSR count). The molecule has 0 amide bonds. The lowest BCUT2D eigenvalue weighted by Gasteiger charge is -2.26. The minimum Gasteiger partial charge on any atom is -0.395 e. The third kappa shape index (κ3) is 3.53. The second-order valence-electron chi connectivity index (χ2n) is 4.92. The number of benzene rings is 1. The van der Waals surface area contributed by atoms with Gasteiger partial charge in [-0.2, -0.15) is 0 Å². The fourth-order valence-corrected chi connectivity index (χ4v) is 2.62. The van der Waals surface area contributed by atoms with E-state index in [-0.39, 0.29) is 12.6 Å². The van der Waals surface area contributed by atoms with Crippen LogP contribution in [0.3, 0.4) is 0 Å². The van der Waals surface area contributed by atoms with Gasteiger partial charge in [-0.25, -0.2) is 0 Å². The molecule has 17 heavy (non-hydrogen) atoms. The summed E-state index contributed by atoms with van der Waals surface area (Å²) in [6.45, 7) is 2.23. The van der Waals surface area contributed by atoms with E-state index in [1.807, 2.05) is 6.07 Å². The molecular formula is C14H22N2O. The molecule has 0 aromatic heterocycles. The summed E-state index contributed by atoms with van der Waals surface area (Å²) in [5, 5.41) is 9.26. The molecule has 2 atom stereocenters. The molecule has 2 unspecified atom stereocenters. The van der Waals surface area contributed by atoms with Crippen molar-refractivity contribution < 1.29 is 5.11 Å². The largest absolute Gasteiger partial charge is 0.395 e. The molecule has 0 radical (unpaired) electrons. The number of nitrogens with two attached hydrogens (primary N) is 1. The highest BCUT2D eigenvalue weighted by Gasteiger charge is 2.24. The molecule has 1 aromatic carbocycles. The molecule has 3 nitrogen and oxygen atoms in total. The van der Waals surface area contributed by atoms with Crippen LogP contribution in [0, 0.1) is 0 Å². The molecule has 1 aromatic rings. The van der Waals surface area contributed by atoms with Crippen LogP contribution >= 0.6 is 0 Å². The fourth-order valence-electron chi connectivity index (χ4n) is 2.62. The number of nitrogens with zero attached hydrogens (tertiary/aromatic N) is 1. The lowest BCUT2D eigenvalue weighted by Crippen LogP contribution is -2.42. The molecule has 0 aliphatic carbocycles. The SMILES string of the molecule is NC(Cc1ccccc1)CN1CCCC1CO. The summed E-state index contributed by atoms with van der Waals surface area (Å²) >= 11 is 0. The minimum atomic E-state index is 0.157. The molecule has 1 fully saturated rings. The molecule has 1 aliphatic heterocycles. The Bertz CT molecular complexity index is 328. The number of rotatable bonds is 5. The number of hydrogen-bond donors (Lipinski definition) is 2. The van der Waals surface area contributed by atoms with Crippen LogP contribution in [0.5, 0.6) is 0 Å². The Morgan fingerprint density at radius 1 is 1.35 bits per heavy atom. The second kappa shape index (κ2) is 6.15. The Balaban J connectivity index is 1.83. The van der Waals surface area contributed by atoms with Crippen molar-refractivity contribution in [3.63, 3.8) is 0 Å². The highest BCUT2D eigenvalue weighted by Crippen LogP contribution is 2.17.